The molecule has 1 fully saturated rings. The monoisotopic (exact) mass is 157 g/mol. The van der Waals surface area contributed by atoms with Gasteiger partial charge in [0.25, 0.3) is 0 Å². The number of nitrogens with one attached hydrogen (secondary N) is 1. The first-order chi connectivity index (χ1) is 5.02. The van der Waals surface area contributed by atoms with Crippen LogP contribution < -0.4 is 5.32 Å². The molecule has 1 rings (SSSR count). The summed E-state index contributed by atoms with van der Waals surface area (Å²) in [7, 11) is 0. The standard InChI is InChI=1S/C9H19NO/c1-9(2,3)7-5-4-6-10-8(7)11/h7-8,10-11H,4-6H2,1-3H3. The number of hydrogen-bond donors (Lipinski definition) is 2. The summed E-state index contributed by atoms with van der Waals surface area (Å²) in [5, 5.41) is 12.7. The van der Waals surface area contributed by atoms with E-state index in [0.717, 1.165) is 13.0 Å². The van der Waals surface area contributed by atoms with Gasteiger partial charge in [-0.25, -0.2) is 0 Å². The lowest BCUT2D eigenvalue weighted by molar-refractivity contribution is -0.00534. The molecule has 1 aliphatic heterocycles. The van der Waals surface area contributed by atoms with Crippen molar-refractivity contribution in [2.45, 2.75) is 39.8 Å². The molecule has 0 aromatic heterocycles. The molecule has 0 radical (unpaired) electrons. The van der Waals surface area contributed by atoms with Gasteiger partial charge in [-0.1, -0.05) is 20.8 Å². The van der Waals surface area contributed by atoms with Gasteiger partial charge in [0.2, 0.25) is 0 Å². The van der Waals surface area contributed by atoms with E-state index in [0.29, 0.717) is 5.92 Å². The number of aliphatic hydroxyl groups is 1. The van der Waals surface area contributed by atoms with Crippen molar-refractivity contribution in [2.24, 2.45) is 11.3 Å². The second-order valence-electron chi connectivity index (χ2n) is 4.51. The zero-order valence-electron chi connectivity index (χ0n) is 7.72. The molecule has 0 saturated carbocycles. The molecule has 0 spiro atoms. The molecule has 0 bridgehead atoms. The Morgan fingerprint density at radius 1 is 1.36 bits per heavy atom. The Bertz CT molecular complexity index is 128. The van der Waals surface area contributed by atoms with Crippen LogP contribution in [0.1, 0.15) is 33.6 Å². The van der Waals surface area contributed by atoms with Crippen molar-refractivity contribution in [3.05, 3.63) is 0 Å². The Morgan fingerprint density at radius 3 is 2.36 bits per heavy atom. The van der Waals surface area contributed by atoms with E-state index in [-0.39, 0.29) is 11.6 Å². The fourth-order valence-electron chi connectivity index (χ4n) is 1.78. The summed E-state index contributed by atoms with van der Waals surface area (Å²) in [6.07, 6.45) is 2.06. The second-order valence-corrected chi connectivity index (χ2v) is 4.51. The van der Waals surface area contributed by atoms with E-state index in [4.69, 9.17) is 0 Å². The summed E-state index contributed by atoms with van der Waals surface area (Å²) in [5.41, 5.74) is 0.229. The lowest BCUT2D eigenvalue weighted by atomic mass is 9.75. The maximum Gasteiger partial charge on any atom is 0.108 e. The van der Waals surface area contributed by atoms with E-state index < -0.39 is 0 Å². The first-order valence-corrected chi connectivity index (χ1v) is 4.43. The predicted molar refractivity (Wildman–Crippen MR) is 46.2 cm³/mol. The highest BCUT2D eigenvalue weighted by Crippen LogP contribution is 2.33. The minimum Gasteiger partial charge on any atom is -0.378 e. The Balaban J connectivity index is 2.55. The molecule has 0 aromatic rings. The van der Waals surface area contributed by atoms with Gasteiger partial charge in [-0.15, -0.1) is 0 Å². The van der Waals surface area contributed by atoms with Crippen molar-refractivity contribution in [3.63, 3.8) is 0 Å². The first-order valence-electron chi connectivity index (χ1n) is 4.43. The van der Waals surface area contributed by atoms with E-state index in [9.17, 15) is 5.11 Å². The zero-order valence-corrected chi connectivity index (χ0v) is 7.72. The third-order valence-corrected chi connectivity index (χ3v) is 2.54. The molecule has 66 valence electrons. The second kappa shape index (κ2) is 3.11. The molecule has 1 aliphatic rings. The number of aliphatic hydroxyl groups excluding tert-OH is 1. The summed E-state index contributed by atoms with van der Waals surface area (Å²) in [5.74, 6) is 0.413. The van der Waals surface area contributed by atoms with Crippen LogP contribution in [0.15, 0.2) is 0 Å². The van der Waals surface area contributed by atoms with Gasteiger partial charge in [0.15, 0.2) is 0 Å². The Labute approximate surface area is 69.0 Å². The minimum absolute atomic E-state index is 0.229. The third kappa shape index (κ3) is 2.17. The van der Waals surface area contributed by atoms with Gasteiger partial charge in [0.1, 0.15) is 6.23 Å². The van der Waals surface area contributed by atoms with Crippen LogP contribution in [0.25, 0.3) is 0 Å². The highest BCUT2D eigenvalue weighted by atomic mass is 16.3. The van der Waals surface area contributed by atoms with Crippen molar-refractivity contribution in [1.29, 1.82) is 0 Å². The lowest BCUT2D eigenvalue weighted by Crippen LogP contribution is -2.46. The molecule has 2 heteroatoms. The van der Waals surface area contributed by atoms with Gasteiger partial charge in [-0.05, 0) is 24.8 Å². The summed E-state index contributed by atoms with van der Waals surface area (Å²) in [6.45, 7) is 7.53. The topological polar surface area (TPSA) is 32.3 Å². The molecule has 0 aromatic carbocycles. The van der Waals surface area contributed by atoms with Crippen LogP contribution in [-0.4, -0.2) is 17.9 Å². The van der Waals surface area contributed by atoms with Crippen LogP contribution in [0.4, 0.5) is 0 Å². The Morgan fingerprint density at radius 2 is 2.00 bits per heavy atom. The van der Waals surface area contributed by atoms with Crippen LogP contribution in [0.5, 0.6) is 0 Å². The van der Waals surface area contributed by atoms with E-state index >= 15 is 0 Å². The average Bonchev–Trinajstić information content (AvgIpc) is 1.86. The normalized spacial score (nSPS) is 33.8. The van der Waals surface area contributed by atoms with Crippen LogP contribution in [-0.2, 0) is 0 Å². The minimum atomic E-state index is -0.288. The van der Waals surface area contributed by atoms with Crippen LogP contribution in [0.2, 0.25) is 0 Å². The molecule has 0 amide bonds. The highest BCUT2D eigenvalue weighted by Gasteiger charge is 2.32. The van der Waals surface area contributed by atoms with Crippen LogP contribution in [0.3, 0.4) is 0 Å². The SMILES string of the molecule is CC(C)(C)C1CCCNC1O. The van der Waals surface area contributed by atoms with E-state index in [1.807, 2.05) is 0 Å². The van der Waals surface area contributed by atoms with Gasteiger partial charge in [0.05, 0.1) is 0 Å². The van der Waals surface area contributed by atoms with Gasteiger partial charge < -0.3 is 5.11 Å². The van der Waals surface area contributed by atoms with Crippen molar-refractivity contribution in [1.82, 2.24) is 5.32 Å². The summed E-state index contributed by atoms with van der Waals surface area (Å²) in [4.78, 5) is 0. The molecule has 2 atom stereocenters. The molecular formula is C9H19NO. The lowest BCUT2D eigenvalue weighted by Gasteiger charge is -2.38. The molecule has 2 N–H and O–H groups in total. The summed E-state index contributed by atoms with van der Waals surface area (Å²) < 4.78 is 0. The smallest absolute Gasteiger partial charge is 0.108 e. The fourth-order valence-corrected chi connectivity index (χ4v) is 1.78. The van der Waals surface area contributed by atoms with E-state index in [1.165, 1.54) is 6.42 Å². The fraction of sp³-hybridized carbons (Fsp3) is 1.00. The van der Waals surface area contributed by atoms with E-state index in [1.54, 1.807) is 0 Å². The zero-order chi connectivity index (χ0) is 8.48. The molecule has 2 nitrogen and oxygen atoms in total. The maximum absolute atomic E-state index is 9.59. The predicted octanol–water partition coefficient (Wildman–Crippen LogP) is 1.35. The Kier molecular flexibility index (Phi) is 2.55. The molecule has 0 aliphatic carbocycles. The van der Waals surface area contributed by atoms with Crippen molar-refractivity contribution < 1.29 is 5.11 Å². The first kappa shape index (κ1) is 9.01. The molecular weight excluding hydrogens is 138 g/mol. The number of rotatable bonds is 0. The maximum atomic E-state index is 9.59. The third-order valence-electron chi connectivity index (χ3n) is 2.54. The highest BCUT2D eigenvalue weighted by molar-refractivity contribution is 4.82. The average molecular weight is 157 g/mol. The molecule has 1 heterocycles. The van der Waals surface area contributed by atoms with E-state index in [2.05, 4.69) is 26.1 Å². The van der Waals surface area contributed by atoms with Gasteiger partial charge in [0, 0.05) is 5.92 Å². The van der Waals surface area contributed by atoms with Crippen LogP contribution in [0, 0.1) is 11.3 Å². The summed E-state index contributed by atoms with van der Waals surface area (Å²) in [6, 6.07) is 0. The largest absolute Gasteiger partial charge is 0.378 e. The van der Waals surface area contributed by atoms with Gasteiger partial charge in [-0.2, -0.15) is 0 Å². The quantitative estimate of drug-likeness (QED) is 0.556. The molecule has 11 heavy (non-hydrogen) atoms. The van der Waals surface area contributed by atoms with Gasteiger partial charge >= 0.3 is 0 Å². The van der Waals surface area contributed by atoms with Crippen molar-refractivity contribution in [3.8, 4) is 0 Å². The van der Waals surface area contributed by atoms with Gasteiger partial charge in [-0.3, -0.25) is 5.32 Å². The van der Waals surface area contributed by atoms with Crippen LogP contribution >= 0.6 is 0 Å². The van der Waals surface area contributed by atoms with Crippen molar-refractivity contribution in [2.75, 3.05) is 6.54 Å². The Hall–Kier alpha value is -0.0800. The van der Waals surface area contributed by atoms with Crippen molar-refractivity contribution >= 4 is 0 Å². The summed E-state index contributed by atoms with van der Waals surface area (Å²) >= 11 is 0. The number of piperidine rings is 1. The molecule has 1 saturated heterocycles. The molecule has 2 unspecified atom stereocenters. The number of hydrogen-bond acceptors (Lipinski definition) is 2.